The van der Waals surface area contributed by atoms with E-state index in [1.807, 2.05) is 18.7 Å². The highest BCUT2D eigenvalue weighted by Gasteiger charge is 2.41. The fourth-order valence-corrected chi connectivity index (χ4v) is 3.14. The molecule has 7 nitrogen and oxygen atoms in total. The van der Waals surface area contributed by atoms with Crippen molar-refractivity contribution in [2.45, 2.75) is 27.2 Å². The monoisotopic (exact) mass is 319 g/mol. The van der Waals surface area contributed by atoms with Crippen LogP contribution in [0.15, 0.2) is 0 Å². The van der Waals surface area contributed by atoms with Gasteiger partial charge in [-0.15, -0.1) is 0 Å². The highest BCUT2D eigenvalue weighted by molar-refractivity contribution is 5.93. The molecule has 2 aliphatic rings. The molecular formula is C16H25N5O2. The maximum Gasteiger partial charge on any atom is 0.238 e. The molecule has 1 aromatic heterocycles. The van der Waals surface area contributed by atoms with Crippen molar-refractivity contribution < 1.29 is 9.59 Å². The number of anilines is 1. The van der Waals surface area contributed by atoms with Gasteiger partial charge in [-0.05, 0) is 26.2 Å². The van der Waals surface area contributed by atoms with Crippen molar-refractivity contribution in [3.63, 3.8) is 0 Å². The van der Waals surface area contributed by atoms with E-state index in [0.29, 0.717) is 18.4 Å². The summed E-state index contributed by atoms with van der Waals surface area (Å²) in [5.41, 5.74) is 2.43. The van der Waals surface area contributed by atoms with Crippen LogP contribution in [0.4, 0.5) is 5.69 Å². The Bertz CT molecular complexity index is 584. The Balaban J connectivity index is 1.45. The minimum absolute atomic E-state index is 0.0341. The number of hydrogen-bond acceptors (Lipinski definition) is 4. The molecule has 1 aromatic rings. The molecule has 0 spiro atoms. The number of hydrogen-bond donors (Lipinski definition) is 2. The number of nitrogens with zero attached hydrogens (tertiary/aromatic N) is 3. The molecule has 7 heteroatoms. The van der Waals surface area contributed by atoms with E-state index in [1.165, 1.54) is 0 Å². The molecule has 2 N–H and O–H groups in total. The van der Waals surface area contributed by atoms with Crippen molar-refractivity contribution in [2.75, 3.05) is 38.0 Å². The summed E-state index contributed by atoms with van der Waals surface area (Å²) >= 11 is 0. The van der Waals surface area contributed by atoms with Crippen molar-refractivity contribution in [1.29, 1.82) is 0 Å². The number of aryl methyl sites for hydroxylation is 2. The van der Waals surface area contributed by atoms with E-state index in [9.17, 15) is 9.59 Å². The third-order valence-electron chi connectivity index (χ3n) is 4.87. The van der Waals surface area contributed by atoms with Crippen molar-refractivity contribution >= 4 is 17.5 Å². The fraction of sp³-hybridized carbons (Fsp3) is 0.688. The summed E-state index contributed by atoms with van der Waals surface area (Å²) in [5, 5.41) is 9.86. The Morgan fingerprint density at radius 2 is 1.91 bits per heavy atom. The van der Waals surface area contributed by atoms with Crippen molar-refractivity contribution in [3.8, 4) is 0 Å². The van der Waals surface area contributed by atoms with Crippen LogP contribution in [0.5, 0.6) is 0 Å². The maximum absolute atomic E-state index is 12.2. The van der Waals surface area contributed by atoms with Crippen LogP contribution < -0.4 is 5.32 Å². The number of carbonyl (C=O) groups excluding carboxylic acids is 2. The first kappa shape index (κ1) is 16.0. The number of nitrogens with one attached hydrogen (secondary N) is 2. The van der Waals surface area contributed by atoms with Crippen LogP contribution in [0.25, 0.3) is 0 Å². The standard InChI is InChI=1S/C16H25N5O2/c1-10-8-13(10)16(23)21-6-4-20(5-7-21)9-14(22)17-15-11(2)18-19-12(15)3/h10,13H,4-9H2,1-3H3,(H,17,22)(H,18,19)/t10-,13-/m1/s1. The topological polar surface area (TPSA) is 81.3 Å². The van der Waals surface area contributed by atoms with Crippen molar-refractivity contribution in [3.05, 3.63) is 11.4 Å². The Morgan fingerprint density at radius 3 is 2.43 bits per heavy atom. The second-order valence-corrected chi connectivity index (χ2v) is 6.78. The lowest BCUT2D eigenvalue weighted by atomic mass is 10.2. The summed E-state index contributed by atoms with van der Waals surface area (Å²) in [7, 11) is 0. The molecule has 3 rings (SSSR count). The lowest BCUT2D eigenvalue weighted by molar-refractivity contribution is -0.134. The number of aromatic nitrogens is 2. The molecule has 2 amide bonds. The zero-order valence-electron chi connectivity index (χ0n) is 14.1. The van der Waals surface area contributed by atoms with Crippen LogP contribution in [0.3, 0.4) is 0 Å². The van der Waals surface area contributed by atoms with Crippen LogP contribution in [0.2, 0.25) is 0 Å². The maximum atomic E-state index is 12.2. The van der Waals surface area contributed by atoms with Gasteiger partial charge < -0.3 is 10.2 Å². The second kappa shape index (κ2) is 6.31. The van der Waals surface area contributed by atoms with Gasteiger partial charge in [0.05, 0.1) is 23.6 Å². The van der Waals surface area contributed by atoms with Crippen LogP contribution >= 0.6 is 0 Å². The number of H-pyrrole nitrogens is 1. The Hall–Kier alpha value is -1.89. The van der Waals surface area contributed by atoms with Gasteiger partial charge in [-0.25, -0.2) is 0 Å². The highest BCUT2D eigenvalue weighted by atomic mass is 16.2. The molecule has 2 atom stereocenters. The first-order valence-corrected chi connectivity index (χ1v) is 8.28. The zero-order valence-corrected chi connectivity index (χ0v) is 14.1. The average molecular weight is 319 g/mol. The molecule has 0 bridgehead atoms. The first-order valence-electron chi connectivity index (χ1n) is 8.28. The van der Waals surface area contributed by atoms with E-state index in [2.05, 4.69) is 27.3 Å². The summed E-state index contributed by atoms with van der Waals surface area (Å²) in [6, 6.07) is 0. The lowest BCUT2D eigenvalue weighted by Crippen LogP contribution is -2.51. The Labute approximate surface area is 136 Å². The fourth-order valence-electron chi connectivity index (χ4n) is 3.14. The summed E-state index contributed by atoms with van der Waals surface area (Å²) in [5.74, 6) is 1.06. The van der Waals surface area contributed by atoms with Gasteiger partial charge in [0.25, 0.3) is 0 Å². The molecule has 0 unspecified atom stereocenters. The minimum Gasteiger partial charge on any atom is -0.340 e. The SMILES string of the molecule is Cc1n[nH]c(C)c1NC(=O)CN1CCN(C(=O)[C@@H]2C[C@H]2C)CC1. The number of piperazine rings is 1. The molecule has 2 heterocycles. The largest absolute Gasteiger partial charge is 0.340 e. The van der Waals surface area contributed by atoms with E-state index in [4.69, 9.17) is 0 Å². The first-order chi connectivity index (χ1) is 11.0. The minimum atomic E-state index is -0.0341. The van der Waals surface area contributed by atoms with Gasteiger partial charge in [-0.3, -0.25) is 19.6 Å². The molecule has 126 valence electrons. The summed E-state index contributed by atoms with van der Waals surface area (Å²) in [4.78, 5) is 28.4. The van der Waals surface area contributed by atoms with E-state index in [0.717, 1.165) is 49.7 Å². The van der Waals surface area contributed by atoms with Gasteiger partial charge in [0, 0.05) is 32.1 Å². The third kappa shape index (κ3) is 3.55. The van der Waals surface area contributed by atoms with Crippen LogP contribution in [0.1, 0.15) is 24.7 Å². The predicted octanol–water partition coefficient (Wildman–Crippen LogP) is 0.765. The molecule has 1 aliphatic heterocycles. The van der Waals surface area contributed by atoms with Crippen LogP contribution in [-0.2, 0) is 9.59 Å². The van der Waals surface area contributed by atoms with Gasteiger partial charge in [0.15, 0.2) is 0 Å². The van der Waals surface area contributed by atoms with Gasteiger partial charge in [0.2, 0.25) is 11.8 Å². The van der Waals surface area contributed by atoms with Crippen LogP contribution in [-0.4, -0.2) is 64.5 Å². The van der Waals surface area contributed by atoms with Gasteiger partial charge in [0.1, 0.15) is 0 Å². The summed E-state index contributed by atoms with van der Waals surface area (Å²) < 4.78 is 0. The second-order valence-electron chi connectivity index (χ2n) is 6.78. The number of carbonyl (C=O) groups is 2. The molecule has 2 fully saturated rings. The van der Waals surface area contributed by atoms with Gasteiger partial charge in [-0.1, -0.05) is 6.92 Å². The van der Waals surface area contributed by atoms with E-state index >= 15 is 0 Å². The van der Waals surface area contributed by atoms with Gasteiger partial charge >= 0.3 is 0 Å². The van der Waals surface area contributed by atoms with Crippen molar-refractivity contribution in [2.24, 2.45) is 11.8 Å². The van der Waals surface area contributed by atoms with E-state index in [1.54, 1.807) is 0 Å². The van der Waals surface area contributed by atoms with Crippen molar-refractivity contribution in [1.82, 2.24) is 20.0 Å². The molecule has 1 saturated carbocycles. The van der Waals surface area contributed by atoms with Gasteiger partial charge in [-0.2, -0.15) is 5.10 Å². The Kier molecular flexibility index (Phi) is 4.39. The summed E-state index contributed by atoms with van der Waals surface area (Å²) in [6.07, 6.45) is 1.03. The zero-order chi connectivity index (χ0) is 16.6. The molecule has 1 aliphatic carbocycles. The number of rotatable bonds is 4. The molecule has 23 heavy (non-hydrogen) atoms. The number of amides is 2. The molecule has 0 radical (unpaired) electrons. The Morgan fingerprint density at radius 1 is 1.26 bits per heavy atom. The lowest BCUT2D eigenvalue weighted by Gasteiger charge is -2.34. The normalized spacial score (nSPS) is 24.6. The van der Waals surface area contributed by atoms with E-state index < -0.39 is 0 Å². The van der Waals surface area contributed by atoms with Crippen LogP contribution in [0, 0.1) is 25.7 Å². The third-order valence-corrected chi connectivity index (χ3v) is 4.87. The smallest absolute Gasteiger partial charge is 0.238 e. The quantitative estimate of drug-likeness (QED) is 0.859. The molecule has 1 saturated heterocycles. The molecule has 0 aromatic carbocycles. The average Bonchev–Trinajstić information content (AvgIpc) is 3.18. The molecular weight excluding hydrogens is 294 g/mol. The predicted molar refractivity (Wildman–Crippen MR) is 87.0 cm³/mol. The number of aromatic amines is 1. The summed E-state index contributed by atoms with van der Waals surface area (Å²) in [6.45, 7) is 9.18. The highest BCUT2D eigenvalue weighted by Crippen LogP contribution is 2.39. The van der Waals surface area contributed by atoms with E-state index in [-0.39, 0.29) is 11.8 Å².